The van der Waals surface area contributed by atoms with E-state index in [4.69, 9.17) is 19.4 Å². The maximum absolute atomic E-state index is 6.33. The van der Waals surface area contributed by atoms with E-state index in [-0.39, 0.29) is 0 Å². The van der Waals surface area contributed by atoms with E-state index in [1.165, 1.54) is 21.5 Å². The van der Waals surface area contributed by atoms with Crippen molar-refractivity contribution in [1.29, 1.82) is 0 Å². The molecule has 0 aliphatic carbocycles. The fraction of sp³-hybridized carbons (Fsp3) is 0. The van der Waals surface area contributed by atoms with Crippen molar-refractivity contribution in [3.8, 4) is 62.1 Å². The molecule has 0 aliphatic heterocycles. The molecule has 280 valence electrons. The molecule has 3 aromatic heterocycles. The summed E-state index contributed by atoms with van der Waals surface area (Å²) in [7, 11) is 0. The molecular formula is C55H34N4O. The highest BCUT2D eigenvalue weighted by atomic mass is 16.3. The van der Waals surface area contributed by atoms with Crippen molar-refractivity contribution >= 4 is 54.5 Å². The quantitative estimate of drug-likeness (QED) is 0.169. The van der Waals surface area contributed by atoms with Crippen LogP contribution in [0.15, 0.2) is 211 Å². The maximum Gasteiger partial charge on any atom is 0.164 e. The molecule has 60 heavy (non-hydrogen) atoms. The van der Waals surface area contributed by atoms with Gasteiger partial charge in [-0.3, -0.25) is 0 Å². The third-order valence-corrected chi connectivity index (χ3v) is 11.6. The fourth-order valence-electron chi connectivity index (χ4n) is 8.79. The average Bonchev–Trinajstić information content (AvgIpc) is 3.85. The minimum atomic E-state index is 0.571. The minimum Gasteiger partial charge on any atom is -0.456 e. The van der Waals surface area contributed by atoms with Gasteiger partial charge < -0.3 is 8.98 Å². The number of hydrogen-bond acceptors (Lipinski definition) is 4. The molecule has 0 aliphatic rings. The molecule has 3 heterocycles. The second kappa shape index (κ2) is 13.8. The Morgan fingerprint density at radius 1 is 0.317 bits per heavy atom. The second-order valence-corrected chi connectivity index (χ2v) is 15.2. The van der Waals surface area contributed by atoms with Gasteiger partial charge in [0, 0.05) is 49.4 Å². The van der Waals surface area contributed by atoms with Gasteiger partial charge in [0.05, 0.1) is 16.7 Å². The van der Waals surface area contributed by atoms with Crippen LogP contribution in [0.5, 0.6) is 0 Å². The van der Waals surface area contributed by atoms with E-state index >= 15 is 0 Å². The number of fused-ring (bicyclic) bond motifs is 7. The van der Waals surface area contributed by atoms with Gasteiger partial charge in [0.1, 0.15) is 11.2 Å². The van der Waals surface area contributed by atoms with Gasteiger partial charge in [0.25, 0.3) is 0 Å². The zero-order chi connectivity index (χ0) is 39.6. The number of para-hydroxylation sites is 2. The lowest BCUT2D eigenvalue weighted by Gasteiger charge is -2.21. The highest BCUT2D eigenvalue weighted by Crippen LogP contribution is 2.44. The highest BCUT2D eigenvalue weighted by Gasteiger charge is 2.23. The average molecular weight is 767 g/mol. The molecular weight excluding hydrogens is 733 g/mol. The summed E-state index contributed by atoms with van der Waals surface area (Å²) in [6.45, 7) is 0. The lowest BCUT2D eigenvalue weighted by molar-refractivity contribution is 0.669. The van der Waals surface area contributed by atoms with Gasteiger partial charge in [-0.25, -0.2) is 15.0 Å². The van der Waals surface area contributed by atoms with Crippen LogP contribution in [-0.2, 0) is 0 Å². The summed E-state index contributed by atoms with van der Waals surface area (Å²) < 4.78 is 8.79. The normalized spacial score (nSPS) is 11.7. The molecule has 5 heteroatoms. The molecule has 12 aromatic rings. The molecule has 0 bridgehead atoms. The SMILES string of the molecule is c1ccc(-c2nc(-c3cc(-c4ccccc4)c(-n4c5ccccc5c5cc6ccccc6cc54)c(-c4ccccc4)c3)nc(-c3ccc4c(c3)oc3ccccc34)n2)cc1. The van der Waals surface area contributed by atoms with Crippen molar-refractivity contribution in [1.82, 2.24) is 19.5 Å². The first-order chi connectivity index (χ1) is 29.7. The maximum atomic E-state index is 6.33. The van der Waals surface area contributed by atoms with Crippen LogP contribution in [0.1, 0.15) is 0 Å². The Hall–Kier alpha value is -8.15. The van der Waals surface area contributed by atoms with Crippen LogP contribution in [0.4, 0.5) is 0 Å². The van der Waals surface area contributed by atoms with E-state index in [0.717, 1.165) is 77.6 Å². The molecule has 0 fully saturated rings. The van der Waals surface area contributed by atoms with E-state index in [1.807, 2.05) is 54.6 Å². The second-order valence-electron chi connectivity index (χ2n) is 15.2. The largest absolute Gasteiger partial charge is 0.456 e. The van der Waals surface area contributed by atoms with Crippen molar-refractivity contribution in [2.24, 2.45) is 0 Å². The Morgan fingerprint density at radius 3 is 1.52 bits per heavy atom. The van der Waals surface area contributed by atoms with E-state index in [2.05, 4.69) is 156 Å². The molecule has 0 saturated heterocycles. The fourth-order valence-corrected chi connectivity index (χ4v) is 8.79. The zero-order valence-corrected chi connectivity index (χ0v) is 32.3. The summed E-state index contributed by atoms with van der Waals surface area (Å²) in [6, 6.07) is 72.4. The topological polar surface area (TPSA) is 56.7 Å². The van der Waals surface area contributed by atoms with Crippen molar-refractivity contribution in [3.05, 3.63) is 206 Å². The summed E-state index contributed by atoms with van der Waals surface area (Å²) in [6.07, 6.45) is 0. The Kier molecular flexibility index (Phi) is 7.78. The van der Waals surface area contributed by atoms with E-state index in [1.54, 1.807) is 0 Å². The van der Waals surface area contributed by atoms with Gasteiger partial charge >= 0.3 is 0 Å². The van der Waals surface area contributed by atoms with Crippen LogP contribution < -0.4 is 0 Å². The van der Waals surface area contributed by atoms with Crippen molar-refractivity contribution in [2.75, 3.05) is 0 Å². The number of hydrogen-bond donors (Lipinski definition) is 0. The van der Waals surface area contributed by atoms with Gasteiger partial charge in [0.2, 0.25) is 0 Å². The Labute approximate surface area is 345 Å². The van der Waals surface area contributed by atoms with E-state index < -0.39 is 0 Å². The summed E-state index contributed by atoms with van der Waals surface area (Å²) in [5, 5.41) is 6.97. The van der Waals surface area contributed by atoms with Crippen molar-refractivity contribution in [2.45, 2.75) is 0 Å². The van der Waals surface area contributed by atoms with Crippen LogP contribution in [-0.4, -0.2) is 19.5 Å². The number of benzene rings is 9. The number of rotatable bonds is 6. The number of aromatic nitrogens is 4. The van der Waals surface area contributed by atoms with Crippen LogP contribution in [0.25, 0.3) is 117 Å². The Bertz CT molecular complexity index is 3530. The first-order valence-corrected chi connectivity index (χ1v) is 20.2. The first-order valence-electron chi connectivity index (χ1n) is 20.2. The number of nitrogens with zero attached hydrogens (tertiary/aromatic N) is 4. The van der Waals surface area contributed by atoms with Crippen LogP contribution >= 0.6 is 0 Å². The molecule has 0 saturated carbocycles. The monoisotopic (exact) mass is 766 g/mol. The van der Waals surface area contributed by atoms with Crippen LogP contribution in [0, 0.1) is 0 Å². The lowest BCUT2D eigenvalue weighted by atomic mass is 9.92. The molecule has 12 rings (SSSR count). The van der Waals surface area contributed by atoms with Gasteiger partial charge in [-0.1, -0.05) is 158 Å². The third-order valence-electron chi connectivity index (χ3n) is 11.6. The van der Waals surface area contributed by atoms with E-state index in [0.29, 0.717) is 17.5 Å². The number of furan rings is 1. The third kappa shape index (κ3) is 5.59. The Morgan fingerprint density at radius 2 is 0.833 bits per heavy atom. The molecule has 9 aromatic carbocycles. The smallest absolute Gasteiger partial charge is 0.164 e. The molecule has 0 N–H and O–H groups in total. The molecule has 0 unspecified atom stereocenters. The summed E-state index contributed by atoms with van der Waals surface area (Å²) >= 11 is 0. The predicted octanol–water partition coefficient (Wildman–Crippen LogP) is 14.4. The highest BCUT2D eigenvalue weighted by molar-refractivity contribution is 6.15. The van der Waals surface area contributed by atoms with Gasteiger partial charge in [-0.15, -0.1) is 0 Å². The van der Waals surface area contributed by atoms with Gasteiger partial charge in [0.15, 0.2) is 17.5 Å². The summed E-state index contributed by atoms with van der Waals surface area (Å²) in [5.74, 6) is 1.75. The van der Waals surface area contributed by atoms with Crippen molar-refractivity contribution in [3.63, 3.8) is 0 Å². The lowest BCUT2D eigenvalue weighted by Crippen LogP contribution is -2.04. The molecule has 5 nitrogen and oxygen atoms in total. The first kappa shape index (κ1) is 33.9. The van der Waals surface area contributed by atoms with Crippen LogP contribution in [0.3, 0.4) is 0 Å². The van der Waals surface area contributed by atoms with Crippen molar-refractivity contribution < 1.29 is 4.42 Å². The Balaban J connectivity index is 1.16. The molecule has 0 amide bonds. The predicted molar refractivity (Wildman–Crippen MR) is 246 cm³/mol. The molecule has 0 spiro atoms. The molecule has 0 atom stereocenters. The molecule has 0 radical (unpaired) electrons. The van der Waals surface area contributed by atoms with Gasteiger partial charge in [-0.05, 0) is 70.4 Å². The summed E-state index contributed by atoms with van der Waals surface area (Å²) in [5.41, 5.74) is 12.0. The van der Waals surface area contributed by atoms with Crippen LogP contribution in [0.2, 0.25) is 0 Å². The summed E-state index contributed by atoms with van der Waals surface area (Å²) in [4.78, 5) is 15.6. The van der Waals surface area contributed by atoms with E-state index in [9.17, 15) is 0 Å². The standard InChI is InChI=1S/C55H34N4O/c1-4-16-35(17-5-1)45-31-41(55-57-53(37-20-8-3-9-21-37)56-54(58-55)40-28-29-44-43-25-13-15-27-50(43)60-51(44)34-40)32-46(36-18-6-2-7-19-36)52(45)59-48-26-14-12-24-42(48)47-30-38-22-10-11-23-39(38)33-49(47)59/h1-34H. The zero-order valence-electron chi connectivity index (χ0n) is 32.3. The van der Waals surface area contributed by atoms with Gasteiger partial charge in [-0.2, -0.15) is 0 Å². The minimum absolute atomic E-state index is 0.571.